The number of nitrogens with zero attached hydrogens (tertiary/aromatic N) is 2. The molecule has 1 aromatic carbocycles. The molecule has 0 radical (unpaired) electrons. The van der Waals surface area contributed by atoms with E-state index in [4.69, 9.17) is 11.6 Å². The summed E-state index contributed by atoms with van der Waals surface area (Å²) in [6, 6.07) is 8.00. The summed E-state index contributed by atoms with van der Waals surface area (Å²) in [5, 5.41) is 8.24. The fraction of sp³-hybridized carbons (Fsp3) is 0.250. The van der Waals surface area contributed by atoms with Gasteiger partial charge in [-0.15, -0.1) is 0 Å². The molecule has 0 spiro atoms. The van der Waals surface area contributed by atoms with Gasteiger partial charge < -0.3 is 5.32 Å². The fourth-order valence-corrected chi connectivity index (χ4v) is 2.15. The van der Waals surface area contributed by atoms with Gasteiger partial charge in [-0.3, -0.25) is 4.68 Å². The lowest BCUT2D eigenvalue weighted by Gasteiger charge is -2.16. The van der Waals surface area contributed by atoms with Crippen molar-refractivity contribution in [3.05, 3.63) is 45.7 Å². The van der Waals surface area contributed by atoms with Crippen molar-refractivity contribution in [2.45, 2.75) is 13.0 Å². The lowest BCUT2D eigenvalue weighted by molar-refractivity contribution is 0.676. The third-order valence-electron chi connectivity index (χ3n) is 2.61. The molecule has 0 aliphatic carbocycles. The molecular formula is C12H13BrClN3. The second-order valence-corrected chi connectivity index (χ2v) is 5.14. The number of aryl methyl sites for hydroxylation is 1. The topological polar surface area (TPSA) is 29.9 Å². The third-order valence-corrected chi connectivity index (χ3v) is 3.84. The molecule has 0 saturated heterocycles. The van der Waals surface area contributed by atoms with Crippen molar-refractivity contribution in [3.63, 3.8) is 0 Å². The Morgan fingerprint density at radius 1 is 1.41 bits per heavy atom. The van der Waals surface area contributed by atoms with Crippen molar-refractivity contribution < 1.29 is 0 Å². The molecule has 90 valence electrons. The highest BCUT2D eigenvalue weighted by molar-refractivity contribution is 9.10. The largest absolute Gasteiger partial charge is 0.377 e. The van der Waals surface area contributed by atoms with Crippen LogP contribution in [0.4, 0.5) is 5.69 Å². The molecule has 2 aromatic rings. The summed E-state index contributed by atoms with van der Waals surface area (Å²) < 4.78 is 2.76. The average molecular weight is 315 g/mol. The molecule has 0 bridgehead atoms. The average Bonchev–Trinajstić information content (AvgIpc) is 2.70. The van der Waals surface area contributed by atoms with E-state index in [-0.39, 0.29) is 6.04 Å². The Morgan fingerprint density at radius 2 is 2.18 bits per heavy atom. The van der Waals surface area contributed by atoms with Gasteiger partial charge in [-0.25, -0.2) is 0 Å². The van der Waals surface area contributed by atoms with Crippen LogP contribution in [0.5, 0.6) is 0 Å². The summed E-state index contributed by atoms with van der Waals surface area (Å²) in [6.45, 7) is 2.09. The smallest absolute Gasteiger partial charge is 0.0653 e. The van der Waals surface area contributed by atoms with E-state index < -0.39 is 0 Å². The van der Waals surface area contributed by atoms with Crippen LogP contribution in [0, 0.1) is 0 Å². The van der Waals surface area contributed by atoms with Crippen molar-refractivity contribution in [3.8, 4) is 0 Å². The van der Waals surface area contributed by atoms with E-state index in [2.05, 4.69) is 33.3 Å². The number of nitrogens with one attached hydrogen (secondary N) is 1. The van der Waals surface area contributed by atoms with Crippen molar-refractivity contribution >= 4 is 33.2 Å². The minimum Gasteiger partial charge on any atom is -0.377 e. The summed E-state index contributed by atoms with van der Waals surface area (Å²) in [5.74, 6) is 0. The first-order valence-corrected chi connectivity index (χ1v) is 6.44. The number of rotatable bonds is 3. The van der Waals surface area contributed by atoms with Crippen LogP contribution in [0.3, 0.4) is 0 Å². The number of halogens is 2. The molecule has 1 atom stereocenters. The SMILES string of the molecule is CC(Nc1ccc(Br)c(Cl)c1)c1ccnn1C. The summed E-state index contributed by atoms with van der Waals surface area (Å²) in [5.41, 5.74) is 2.12. The number of hydrogen-bond donors (Lipinski definition) is 1. The number of anilines is 1. The van der Waals surface area contributed by atoms with Gasteiger partial charge in [0.25, 0.3) is 0 Å². The highest BCUT2D eigenvalue weighted by atomic mass is 79.9. The summed E-state index contributed by atoms with van der Waals surface area (Å²) in [4.78, 5) is 0. The Morgan fingerprint density at radius 3 is 2.76 bits per heavy atom. The molecule has 3 nitrogen and oxygen atoms in total. The molecule has 1 aromatic heterocycles. The molecule has 5 heteroatoms. The Kier molecular flexibility index (Phi) is 3.74. The van der Waals surface area contributed by atoms with Crippen LogP contribution in [-0.4, -0.2) is 9.78 Å². The standard InChI is InChI=1S/C12H13BrClN3/c1-8(12-5-6-15-17(12)2)16-9-3-4-10(13)11(14)7-9/h3-8,16H,1-2H3. The number of aromatic nitrogens is 2. The van der Waals surface area contributed by atoms with Crippen LogP contribution < -0.4 is 5.32 Å². The monoisotopic (exact) mass is 313 g/mol. The van der Waals surface area contributed by atoms with E-state index in [0.717, 1.165) is 15.9 Å². The predicted molar refractivity (Wildman–Crippen MR) is 74.4 cm³/mol. The van der Waals surface area contributed by atoms with Gasteiger partial charge in [0.15, 0.2) is 0 Å². The Labute approximate surface area is 114 Å². The molecule has 1 N–H and O–H groups in total. The molecular weight excluding hydrogens is 302 g/mol. The fourth-order valence-electron chi connectivity index (χ4n) is 1.72. The van der Waals surface area contributed by atoms with E-state index in [1.54, 1.807) is 6.20 Å². The normalized spacial score (nSPS) is 12.5. The van der Waals surface area contributed by atoms with E-state index in [1.807, 2.05) is 36.0 Å². The summed E-state index contributed by atoms with van der Waals surface area (Å²) >= 11 is 9.42. The molecule has 0 saturated carbocycles. The van der Waals surface area contributed by atoms with E-state index in [9.17, 15) is 0 Å². The predicted octanol–water partition coefficient (Wildman–Crippen LogP) is 4.01. The molecule has 1 heterocycles. The first-order chi connectivity index (χ1) is 8.08. The minimum atomic E-state index is 0.180. The maximum Gasteiger partial charge on any atom is 0.0653 e. The van der Waals surface area contributed by atoms with Crippen LogP contribution in [-0.2, 0) is 7.05 Å². The Hall–Kier alpha value is -1.00. The van der Waals surface area contributed by atoms with Gasteiger partial charge >= 0.3 is 0 Å². The van der Waals surface area contributed by atoms with Crippen LogP contribution in [0.2, 0.25) is 5.02 Å². The van der Waals surface area contributed by atoms with Gasteiger partial charge in [-0.2, -0.15) is 5.10 Å². The molecule has 2 rings (SSSR count). The molecule has 17 heavy (non-hydrogen) atoms. The summed E-state index contributed by atoms with van der Waals surface area (Å²) in [6.07, 6.45) is 1.79. The van der Waals surface area contributed by atoms with Crippen LogP contribution in [0.25, 0.3) is 0 Å². The van der Waals surface area contributed by atoms with E-state index in [1.165, 1.54) is 0 Å². The maximum atomic E-state index is 6.05. The van der Waals surface area contributed by atoms with Gasteiger partial charge in [0.2, 0.25) is 0 Å². The number of benzene rings is 1. The third kappa shape index (κ3) is 2.82. The van der Waals surface area contributed by atoms with Crippen molar-refractivity contribution in [1.82, 2.24) is 9.78 Å². The van der Waals surface area contributed by atoms with Gasteiger partial charge in [-0.1, -0.05) is 11.6 Å². The zero-order valence-electron chi connectivity index (χ0n) is 9.61. The van der Waals surface area contributed by atoms with Crippen LogP contribution in [0.1, 0.15) is 18.7 Å². The molecule has 0 aliphatic heterocycles. The second-order valence-electron chi connectivity index (χ2n) is 3.87. The minimum absolute atomic E-state index is 0.180. The molecule has 0 amide bonds. The van der Waals surface area contributed by atoms with Crippen LogP contribution in [0.15, 0.2) is 34.9 Å². The van der Waals surface area contributed by atoms with Gasteiger partial charge in [-0.05, 0) is 47.1 Å². The van der Waals surface area contributed by atoms with Crippen molar-refractivity contribution in [2.75, 3.05) is 5.32 Å². The first kappa shape index (κ1) is 12.5. The lowest BCUT2D eigenvalue weighted by Crippen LogP contribution is -2.11. The van der Waals surface area contributed by atoms with E-state index >= 15 is 0 Å². The summed E-state index contributed by atoms with van der Waals surface area (Å²) in [7, 11) is 1.93. The number of hydrogen-bond acceptors (Lipinski definition) is 2. The lowest BCUT2D eigenvalue weighted by atomic mass is 10.2. The van der Waals surface area contributed by atoms with Gasteiger partial charge in [0, 0.05) is 23.4 Å². The zero-order chi connectivity index (χ0) is 12.4. The zero-order valence-corrected chi connectivity index (χ0v) is 12.0. The first-order valence-electron chi connectivity index (χ1n) is 5.27. The second kappa shape index (κ2) is 5.10. The van der Waals surface area contributed by atoms with Crippen molar-refractivity contribution in [1.29, 1.82) is 0 Å². The highest BCUT2D eigenvalue weighted by Gasteiger charge is 2.09. The van der Waals surface area contributed by atoms with Crippen molar-refractivity contribution in [2.24, 2.45) is 7.05 Å². The molecule has 0 aliphatic rings. The Bertz CT molecular complexity index is 524. The molecule has 1 unspecified atom stereocenters. The van der Waals surface area contributed by atoms with E-state index in [0.29, 0.717) is 5.02 Å². The maximum absolute atomic E-state index is 6.05. The van der Waals surface area contributed by atoms with Gasteiger partial charge in [0.1, 0.15) is 0 Å². The Balaban J connectivity index is 2.16. The van der Waals surface area contributed by atoms with Gasteiger partial charge in [0.05, 0.1) is 16.8 Å². The molecule has 0 fully saturated rings. The quantitative estimate of drug-likeness (QED) is 0.927. The van der Waals surface area contributed by atoms with Crippen LogP contribution >= 0.6 is 27.5 Å². The highest BCUT2D eigenvalue weighted by Crippen LogP contribution is 2.27.